The number of aliphatic imine (C=N–C) groups is 1. The molecule has 3 atom stereocenters. The minimum absolute atomic E-state index is 0.00454. The number of carbonyl (C=O) groups is 4. The van der Waals surface area contributed by atoms with Crippen molar-refractivity contribution in [2.45, 2.75) is 63.0 Å². The molecular weight excluding hydrogens is 723 g/mol. The van der Waals surface area contributed by atoms with Crippen LogP contribution < -0.4 is 33.0 Å². The number of hydrogen-bond acceptors (Lipinski definition) is 8. The summed E-state index contributed by atoms with van der Waals surface area (Å²) in [6.45, 7) is 0.291. The van der Waals surface area contributed by atoms with Gasteiger partial charge in [0.15, 0.2) is 5.96 Å². The minimum atomic E-state index is -4.83. The quantitative estimate of drug-likeness (QED) is 0.0546. The Balaban J connectivity index is 1.32. The van der Waals surface area contributed by atoms with Crippen LogP contribution in [0.15, 0.2) is 99.1 Å². The van der Waals surface area contributed by atoms with Crippen LogP contribution in [-0.2, 0) is 38.3 Å². The summed E-state index contributed by atoms with van der Waals surface area (Å²) in [5, 5.41) is 7.54. The van der Waals surface area contributed by atoms with E-state index in [4.69, 9.17) is 20.6 Å². The SMILES string of the molecule is NC(N)=NCCCC(NC(=O)C1CCCN1C(=O)C(Cc1ccccc1)NC(=O)OCc1ccccc1)C(=O)Nc1ccc2c(C(F)(F)F)cc(=O)oc2c1. The highest BCUT2D eigenvalue weighted by Gasteiger charge is 2.39. The van der Waals surface area contributed by atoms with Gasteiger partial charge in [0.2, 0.25) is 17.7 Å². The van der Waals surface area contributed by atoms with Crippen LogP contribution in [0, 0.1) is 0 Å². The smallest absolute Gasteiger partial charge is 0.417 e. The van der Waals surface area contributed by atoms with Crippen molar-refractivity contribution in [3.05, 3.63) is 112 Å². The van der Waals surface area contributed by atoms with E-state index in [0.29, 0.717) is 12.5 Å². The zero-order chi connectivity index (χ0) is 39.5. The number of alkyl halides is 3. The first-order valence-corrected chi connectivity index (χ1v) is 17.4. The molecule has 0 aliphatic carbocycles. The number of nitrogens with zero attached hydrogens (tertiary/aromatic N) is 2. The highest BCUT2D eigenvalue weighted by atomic mass is 19.4. The average molecular weight is 764 g/mol. The monoisotopic (exact) mass is 763 g/mol. The number of rotatable bonds is 14. The first kappa shape index (κ1) is 39.8. The van der Waals surface area contributed by atoms with E-state index in [9.17, 15) is 37.1 Å². The normalized spacial score (nSPS) is 15.1. The molecule has 0 spiro atoms. The zero-order valence-corrected chi connectivity index (χ0v) is 29.5. The third-order valence-corrected chi connectivity index (χ3v) is 8.82. The molecule has 1 aliphatic rings. The molecule has 7 N–H and O–H groups in total. The number of hydrogen-bond donors (Lipinski definition) is 5. The predicted octanol–water partition coefficient (Wildman–Crippen LogP) is 3.82. The molecule has 4 amide bonds. The largest absolute Gasteiger partial charge is 0.445 e. The summed E-state index contributed by atoms with van der Waals surface area (Å²) < 4.78 is 51.0. The fourth-order valence-electron chi connectivity index (χ4n) is 6.20. The van der Waals surface area contributed by atoms with E-state index in [1.807, 2.05) is 12.1 Å². The van der Waals surface area contributed by atoms with E-state index < -0.39 is 64.9 Å². The number of carbonyl (C=O) groups excluding carboxylic acids is 4. The standard InChI is InChI=1S/C38H40F3N7O7/c39-38(40,41)27-21-32(49)55-31-20-25(15-16-26(27)31)45-33(50)28(13-7-17-44-36(42)43)46-34(51)30-14-8-18-48(30)35(52)29(19-23-9-3-1-4-10-23)47-37(53)54-22-24-11-5-2-6-12-24/h1-6,9-12,15-16,20-21,28-30H,7-8,13-14,17-19,22H2,(H,45,50)(H,46,51)(H,47,53)(H4,42,43,44). The number of nitrogens with two attached hydrogens (primary N) is 2. The summed E-state index contributed by atoms with van der Waals surface area (Å²) in [7, 11) is 0. The lowest BCUT2D eigenvalue weighted by molar-refractivity contribution is -0.140. The van der Waals surface area contributed by atoms with E-state index in [-0.39, 0.29) is 62.4 Å². The maximum absolute atomic E-state index is 14.1. The van der Waals surface area contributed by atoms with Crippen LogP contribution in [0.25, 0.3) is 11.0 Å². The summed E-state index contributed by atoms with van der Waals surface area (Å²) in [4.78, 5) is 71.6. The van der Waals surface area contributed by atoms with Gasteiger partial charge in [0, 0.05) is 42.7 Å². The second-order valence-corrected chi connectivity index (χ2v) is 12.8. The van der Waals surface area contributed by atoms with Crippen molar-refractivity contribution in [2.75, 3.05) is 18.4 Å². The van der Waals surface area contributed by atoms with Crippen LogP contribution in [0.1, 0.15) is 42.4 Å². The first-order valence-electron chi connectivity index (χ1n) is 17.4. The van der Waals surface area contributed by atoms with Gasteiger partial charge in [-0.3, -0.25) is 19.4 Å². The molecule has 1 saturated heterocycles. The molecule has 14 nitrogen and oxygen atoms in total. The van der Waals surface area contributed by atoms with Crippen molar-refractivity contribution < 1.29 is 41.5 Å². The molecule has 0 bridgehead atoms. The molecule has 290 valence electrons. The van der Waals surface area contributed by atoms with Gasteiger partial charge >= 0.3 is 17.9 Å². The molecule has 0 saturated carbocycles. The number of nitrogens with one attached hydrogen (secondary N) is 3. The van der Waals surface area contributed by atoms with Gasteiger partial charge in [-0.1, -0.05) is 60.7 Å². The number of benzene rings is 3. The second kappa shape index (κ2) is 18.1. The predicted molar refractivity (Wildman–Crippen MR) is 196 cm³/mol. The van der Waals surface area contributed by atoms with Crippen LogP contribution in [0.5, 0.6) is 0 Å². The van der Waals surface area contributed by atoms with Crippen molar-refractivity contribution >= 4 is 46.4 Å². The van der Waals surface area contributed by atoms with Gasteiger partial charge in [-0.05, 0) is 48.9 Å². The summed E-state index contributed by atoms with van der Waals surface area (Å²) in [5.41, 5.74) is 9.52. The average Bonchev–Trinajstić information content (AvgIpc) is 3.65. The maximum atomic E-state index is 14.1. The van der Waals surface area contributed by atoms with E-state index in [1.165, 1.54) is 11.0 Å². The van der Waals surface area contributed by atoms with E-state index >= 15 is 0 Å². The molecule has 1 aromatic heterocycles. The fraction of sp³-hybridized carbons (Fsp3) is 0.316. The van der Waals surface area contributed by atoms with Crippen LogP contribution >= 0.6 is 0 Å². The Morgan fingerprint density at radius 3 is 2.29 bits per heavy atom. The minimum Gasteiger partial charge on any atom is -0.445 e. The highest BCUT2D eigenvalue weighted by Crippen LogP contribution is 2.34. The third-order valence-electron chi connectivity index (χ3n) is 8.82. The molecule has 5 rings (SSSR count). The first-order chi connectivity index (χ1) is 26.3. The number of guanidine groups is 1. The number of ether oxygens (including phenoxy) is 1. The Morgan fingerprint density at radius 2 is 1.62 bits per heavy atom. The summed E-state index contributed by atoms with van der Waals surface area (Å²) in [6, 6.07) is 18.4. The Morgan fingerprint density at radius 1 is 0.927 bits per heavy atom. The Hall–Kier alpha value is -6.39. The summed E-state index contributed by atoms with van der Waals surface area (Å²) >= 11 is 0. The van der Waals surface area contributed by atoms with Gasteiger partial charge in [-0.2, -0.15) is 13.2 Å². The number of alkyl carbamates (subject to hydrolysis) is 1. The second-order valence-electron chi connectivity index (χ2n) is 12.8. The van der Waals surface area contributed by atoms with Crippen molar-refractivity contribution in [2.24, 2.45) is 16.5 Å². The number of anilines is 1. The van der Waals surface area contributed by atoms with Gasteiger partial charge < -0.3 is 41.5 Å². The molecule has 1 aliphatic heterocycles. The van der Waals surface area contributed by atoms with Crippen molar-refractivity contribution in [3.8, 4) is 0 Å². The third kappa shape index (κ3) is 11.1. The highest BCUT2D eigenvalue weighted by molar-refractivity contribution is 6.00. The number of halogens is 3. The van der Waals surface area contributed by atoms with Crippen LogP contribution in [0.3, 0.4) is 0 Å². The van der Waals surface area contributed by atoms with Gasteiger partial charge in [-0.25, -0.2) is 9.59 Å². The summed E-state index contributed by atoms with van der Waals surface area (Å²) in [6.07, 6.45) is -4.55. The molecule has 17 heteroatoms. The molecule has 3 aromatic carbocycles. The van der Waals surface area contributed by atoms with Crippen LogP contribution in [0.2, 0.25) is 0 Å². The van der Waals surface area contributed by atoms with E-state index in [1.54, 1.807) is 48.5 Å². The van der Waals surface area contributed by atoms with E-state index in [0.717, 1.165) is 23.3 Å². The molecule has 0 radical (unpaired) electrons. The van der Waals surface area contributed by atoms with Gasteiger partial charge in [0.25, 0.3) is 0 Å². The molecule has 3 unspecified atom stereocenters. The van der Waals surface area contributed by atoms with Gasteiger partial charge in [0.1, 0.15) is 30.3 Å². The fourth-order valence-corrected chi connectivity index (χ4v) is 6.20. The number of amides is 4. The number of likely N-dealkylation sites (tertiary alicyclic amines) is 1. The van der Waals surface area contributed by atoms with Crippen LogP contribution in [0.4, 0.5) is 23.7 Å². The van der Waals surface area contributed by atoms with Crippen molar-refractivity contribution in [1.82, 2.24) is 15.5 Å². The lowest BCUT2D eigenvalue weighted by atomic mass is 10.0. The molecule has 55 heavy (non-hydrogen) atoms. The molecule has 1 fully saturated rings. The van der Waals surface area contributed by atoms with Gasteiger partial charge in [-0.15, -0.1) is 0 Å². The van der Waals surface area contributed by atoms with Crippen molar-refractivity contribution in [3.63, 3.8) is 0 Å². The van der Waals surface area contributed by atoms with Gasteiger partial charge in [0.05, 0.1) is 5.56 Å². The van der Waals surface area contributed by atoms with Crippen LogP contribution in [-0.4, -0.2) is 65.9 Å². The topological polar surface area (TPSA) is 211 Å². The lowest BCUT2D eigenvalue weighted by Gasteiger charge is -2.30. The molecule has 2 heterocycles. The molecule has 4 aromatic rings. The maximum Gasteiger partial charge on any atom is 0.417 e. The Bertz CT molecular complexity index is 2070. The summed E-state index contributed by atoms with van der Waals surface area (Å²) in [5.74, 6) is -2.09. The zero-order valence-electron chi connectivity index (χ0n) is 29.5. The van der Waals surface area contributed by atoms with E-state index in [2.05, 4.69) is 20.9 Å². The Kier molecular flexibility index (Phi) is 13.1. The number of fused-ring (bicyclic) bond motifs is 1. The molecular formula is C38H40F3N7O7. The van der Waals surface area contributed by atoms with Crippen molar-refractivity contribution in [1.29, 1.82) is 0 Å². The lowest BCUT2D eigenvalue weighted by Crippen LogP contribution is -2.56. The Labute approximate surface area is 313 Å².